The highest BCUT2D eigenvalue weighted by Gasteiger charge is 2.32. The number of hydrogen-bond acceptors (Lipinski definition) is 5. The van der Waals surface area contributed by atoms with Crippen LogP contribution >= 0.6 is 0 Å². The molecule has 1 amide bonds. The van der Waals surface area contributed by atoms with E-state index in [2.05, 4.69) is 5.32 Å². The molecular weight excluding hydrogens is 248 g/mol. The molecule has 1 aromatic carbocycles. The van der Waals surface area contributed by atoms with E-state index in [0.29, 0.717) is 30.0 Å². The predicted octanol–water partition coefficient (Wildman–Crippen LogP) is 0.159. The van der Waals surface area contributed by atoms with Crippen molar-refractivity contribution >= 4 is 11.6 Å². The monoisotopic (exact) mass is 266 g/mol. The highest BCUT2D eigenvalue weighted by molar-refractivity contribution is 5.95. The average molecular weight is 266 g/mol. The maximum absolute atomic E-state index is 12.0. The lowest BCUT2D eigenvalue weighted by Crippen LogP contribution is -2.43. The second-order valence-corrected chi connectivity index (χ2v) is 4.67. The van der Waals surface area contributed by atoms with Gasteiger partial charge in [0.2, 0.25) is 0 Å². The number of ether oxygens (including phenoxy) is 2. The Hall–Kier alpha value is -1.79. The summed E-state index contributed by atoms with van der Waals surface area (Å²) >= 11 is 0. The van der Waals surface area contributed by atoms with Gasteiger partial charge in [0.15, 0.2) is 0 Å². The van der Waals surface area contributed by atoms with Crippen LogP contribution in [0.5, 0.6) is 5.75 Å². The number of aliphatic hydroxyl groups is 1. The average Bonchev–Trinajstić information content (AvgIpc) is 2.84. The van der Waals surface area contributed by atoms with E-state index in [4.69, 9.17) is 15.2 Å². The summed E-state index contributed by atoms with van der Waals surface area (Å²) in [6.45, 7) is 0.929. The molecule has 6 nitrogen and oxygen atoms in total. The molecule has 1 aliphatic heterocycles. The maximum atomic E-state index is 12.0. The van der Waals surface area contributed by atoms with Gasteiger partial charge < -0.3 is 25.6 Å². The van der Waals surface area contributed by atoms with Crippen molar-refractivity contribution in [2.75, 3.05) is 32.6 Å². The summed E-state index contributed by atoms with van der Waals surface area (Å²) in [5.41, 5.74) is 5.63. The molecular formula is C13H18N2O4. The topological polar surface area (TPSA) is 93.8 Å². The van der Waals surface area contributed by atoms with Gasteiger partial charge in [-0.25, -0.2) is 0 Å². The Kier molecular flexibility index (Phi) is 3.92. The normalized spacial score (nSPS) is 22.2. The van der Waals surface area contributed by atoms with E-state index in [1.54, 1.807) is 18.2 Å². The van der Waals surface area contributed by atoms with Crippen LogP contribution in [-0.4, -0.2) is 43.5 Å². The van der Waals surface area contributed by atoms with Crippen molar-refractivity contribution in [3.63, 3.8) is 0 Å². The lowest BCUT2D eigenvalue weighted by atomic mass is 10.0. The number of nitrogens with two attached hydrogens (primary N) is 1. The third kappa shape index (κ3) is 3.15. The fraction of sp³-hybridized carbons (Fsp3) is 0.462. The van der Waals surface area contributed by atoms with Gasteiger partial charge in [-0.2, -0.15) is 0 Å². The van der Waals surface area contributed by atoms with Crippen LogP contribution in [0.4, 0.5) is 5.69 Å². The number of benzene rings is 1. The molecule has 1 atom stereocenters. The van der Waals surface area contributed by atoms with E-state index < -0.39 is 5.60 Å². The first-order chi connectivity index (χ1) is 9.04. The second kappa shape index (κ2) is 5.46. The summed E-state index contributed by atoms with van der Waals surface area (Å²) in [6, 6.07) is 4.80. The lowest BCUT2D eigenvalue weighted by Gasteiger charge is -2.20. The van der Waals surface area contributed by atoms with Crippen LogP contribution in [-0.2, 0) is 4.74 Å². The molecule has 1 saturated heterocycles. The summed E-state index contributed by atoms with van der Waals surface area (Å²) in [7, 11) is 1.49. The van der Waals surface area contributed by atoms with Gasteiger partial charge in [-0.1, -0.05) is 0 Å². The Bertz CT molecular complexity index is 470. The van der Waals surface area contributed by atoms with Crippen LogP contribution in [0.2, 0.25) is 0 Å². The van der Waals surface area contributed by atoms with Crippen LogP contribution in [0.3, 0.4) is 0 Å². The number of anilines is 1. The smallest absolute Gasteiger partial charge is 0.251 e. The molecule has 1 heterocycles. The molecule has 19 heavy (non-hydrogen) atoms. The van der Waals surface area contributed by atoms with Crippen LogP contribution in [0.1, 0.15) is 16.8 Å². The van der Waals surface area contributed by atoms with Crippen molar-refractivity contribution in [1.82, 2.24) is 5.32 Å². The van der Waals surface area contributed by atoms with Gasteiger partial charge in [-0.3, -0.25) is 4.79 Å². The van der Waals surface area contributed by atoms with E-state index in [-0.39, 0.29) is 19.1 Å². The van der Waals surface area contributed by atoms with Crippen molar-refractivity contribution in [3.05, 3.63) is 23.8 Å². The third-order valence-corrected chi connectivity index (χ3v) is 3.16. The standard InChI is InChI=1S/C13H18N2O4/c1-18-11-6-9(2-3-10(11)14)12(16)15-7-13(17)4-5-19-8-13/h2-3,6,17H,4-5,7-8,14H2,1H3,(H,15,16). The molecule has 0 aromatic heterocycles. The fourth-order valence-corrected chi connectivity index (χ4v) is 1.94. The van der Waals surface area contributed by atoms with Crippen molar-refractivity contribution in [3.8, 4) is 5.75 Å². The number of carbonyl (C=O) groups excluding carboxylic acids is 1. The number of hydrogen-bond donors (Lipinski definition) is 3. The summed E-state index contributed by atoms with van der Waals surface area (Å²) in [5.74, 6) is 0.175. The zero-order valence-electron chi connectivity index (χ0n) is 10.8. The first-order valence-corrected chi connectivity index (χ1v) is 6.06. The first kappa shape index (κ1) is 13.6. The molecule has 1 aromatic rings. The Morgan fingerprint density at radius 3 is 3.05 bits per heavy atom. The number of nitrogens with one attached hydrogen (secondary N) is 1. The molecule has 104 valence electrons. The third-order valence-electron chi connectivity index (χ3n) is 3.16. The zero-order chi connectivity index (χ0) is 13.9. The van der Waals surface area contributed by atoms with E-state index >= 15 is 0 Å². The summed E-state index contributed by atoms with van der Waals surface area (Å²) in [5, 5.41) is 12.7. The van der Waals surface area contributed by atoms with Crippen molar-refractivity contribution in [2.24, 2.45) is 0 Å². The summed E-state index contributed by atoms with van der Waals surface area (Å²) < 4.78 is 10.2. The van der Waals surface area contributed by atoms with Crippen molar-refractivity contribution < 1.29 is 19.4 Å². The minimum atomic E-state index is -0.965. The Morgan fingerprint density at radius 1 is 1.63 bits per heavy atom. The van der Waals surface area contributed by atoms with E-state index in [1.165, 1.54) is 7.11 Å². The van der Waals surface area contributed by atoms with Gasteiger partial charge in [-0.05, 0) is 18.2 Å². The van der Waals surface area contributed by atoms with Gasteiger partial charge in [0.1, 0.15) is 11.4 Å². The highest BCUT2D eigenvalue weighted by Crippen LogP contribution is 2.22. The lowest BCUT2D eigenvalue weighted by molar-refractivity contribution is 0.0264. The van der Waals surface area contributed by atoms with E-state index in [1.807, 2.05) is 0 Å². The van der Waals surface area contributed by atoms with E-state index in [0.717, 1.165) is 0 Å². The van der Waals surface area contributed by atoms with Crippen LogP contribution in [0.25, 0.3) is 0 Å². The molecule has 0 bridgehead atoms. The quantitative estimate of drug-likeness (QED) is 0.675. The largest absolute Gasteiger partial charge is 0.495 e. The fourth-order valence-electron chi connectivity index (χ4n) is 1.94. The molecule has 1 fully saturated rings. The van der Waals surface area contributed by atoms with E-state index in [9.17, 15) is 9.90 Å². The SMILES string of the molecule is COc1cc(C(=O)NCC2(O)CCOC2)ccc1N. The molecule has 4 N–H and O–H groups in total. The number of nitrogen functional groups attached to an aromatic ring is 1. The van der Waals surface area contributed by atoms with Gasteiger partial charge >= 0.3 is 0 Å². The number of methoxy groups -OCH3 is 1. The van der Waals surface area contributed by atoms with Gasteiger partial charge in [-0.15, -0.1) is 0 Å². The minimum absolute atomic E-state index is 0.165. The molecule has 2 rings (SSSR count). The van der Waals surface area contributed by atoms with Crippen molar-refractivity contribution in [2.45, 2.75) is 12.0 Å². The second-order valence-electron chi connectivity index (χ2n) is 4.67. The molecule has 0 spiro atoms. The predicted molar refractivity (Wildman–Crippen MR) is 70.1 cm³/mol. The maximum Gasteiger partial charge on any atom is 0.251 e. The molecule has 1 unspecified atom stereocenters. The summed E-state index contributed by atoms with van der Waals surface area (Å²) in [6.07, 6.45) is 0.526. The van der Waals surface area contributed by atoms with Crippen LogP contribution in [0, 0.1) is 0 Å². The minimum Gasteiger partial charge on any atom is -0.495 e. The van der Waals surface area contributed by atoms with Crippen LogP contribution in [0.15, 0.2) is 18.2 Å². The number of rotatable bonds is 4. The molecule has 0 radical (unpaired) electrons. The Morgan fingerprint density at radius 2 is 2.42 bits per heavy atom. The van der Waals surface area contributed by atoms with Gasteiger partial charge in [0, 0.05) is 25.1 Å². The van der Waals surface area contributed by atoms with Gasteiger partial charge in [0.05, 0.1) is 19.4 Å². The van der Waals surface area contributed by atoms with Gasteiger partial charge in [0.25, 0.3) is 5.91 Å². The zero-order valence-corrected chi connectivity index (χ0v) is 10.8. The first-order valence-electron chi connectivity index (χ1n) is 6.06. The Balaban J connectivity index is 1.99. The van der Waals surface area contributed by atoms with Crippen LogP contribution < -0.4 is 15.8 Å². The number of carbonyl (C=O) groups is 1. The summed E-state index contributed by atoms with van der Waals surface area (Å²) in [4.78, 5) is 12.0. The van der Waals surface area contributed by atoms with Crippen molar-refractivity contribution in [1.29, 1.82) is 0 Å². The number of amides is 1. The molecule has 1 aliphatic rings. The molecule has 0 saturated carbocycles. The molecule has 0 aliphatic carbocycles. The molecule has 6 heteroatoms. The Labute approximate surface area is 111 Å². The highest BCUT2D eigenvalue weighted by atomic mass is 16.5.